The van der Waals surface area contributed by atoms with E-state index in [-0.39, 0.29) is 11.8 Å². The first-order chi connectivity index (χ1) is 15.0. The zero-order valence-corrected chi connectivity index (χ0v) is 18.6. The van der Waals surface area contributed by atoms with Crippen molar-refractivity contribution in [3.8, 4) is 0 Å². The van der Waals surface area contributed by atoms with Gasteiger partial charge in [0.15, 0.2) is 5.82 Å². The molecule has 0 spiro atoms. The van der Waals surface area contributed by atoms with Gasteiger partial charge in [-0.15, -0.1) is 11.6 Å². The molecule has 0 aliphatic heterocycles. The number of nitrogens with zero attached hydrogens (tertiary/aromatic N) is 2. The summed E-state index contributed by atoms with van der Waals surface area (Å²) in [7, 11) is 0. The number of amides is 1. The summed E-state index contributed by atoms with van der Waals surface area (Å²) in [6, 6.07) is 5.48. The number of hydrogen-bond acceptors (Lipinski definition) is 3. The molecule has 4 rings (SSSR count). The Morgan fingerprint density at radius 1 is 1.25 bits per heavy atom. The van der Waals surface area contributed by atoms with Crippen LogP contribution >= 0.6 is 23.2 Å². The lowest BCUT2D eigenvalue weighted by Crippen LogP contribution is -2.50. The number of nitrogens with two attached hydrogens (primary N) is 2. The Hall–Kier alpha value is -2.19. The highest BCUT2D eigenvalue weighted by Gasteiger charge is 2.51. The molecule has 1 aromatic carbocycles. The molecule has 4 N–H and O–H groups in total. The number of fused-ring (bicyclic) bond motifs is 1. The van der Waals surface area contributed by atoms with Crippen molar-refractivity contribution >= 4 is 45.8 Å². The summed E-state index contributed by atoms with van der Waals surface area (Å²) < 4.78 is 41.9. The second kappa shape index (κ2) is 8.30. The largest absolute Gasteiger partial charge is 0.416 e. The van der Waals surface area contributed by atoms with E-state index in [0.29, 0.717) is 48.5 Å². The summed E-state index contributed by atoms with van der Waals surface area (Å²) in [6.45, 7) is 0.595. The fourth-order valence-corrected chi connectivity index (χ4v) is 5.77. The molecule has 1 amide bonds. The van der Waals surface area contributed by atoms with Gasteiger partial charge in [0.25, 0.3) is 0 Å². The zero-order valence-electron chi connectivity index (χ0n) is 17.1. The van der Waals surface area contributed by atoms with Crippen LogP contribution in [0, 0.1) is 17.3 Å². The van der Waals surface area contributed by atoms with Gasteiger partial charge < -0.3 is 11.5 Å². The molecule has 172 valence electrons. The second-order valence-corrected chi connectivity index (χ2v) is 9.45. The minimum absolute atomic E-state index is 0.219. The summed E-state index contributed by atoms with van der Waals surface area (Å²) in [5.74, 6) is -0.630. The van der Waals surface area contributed by atoms with Crippen LogP contribution in [-0.2, 0) is 11.3 Å². The number of halogens is 5. The number of anilines is 1. The topological polar surface area (TPSA) is 86.9 Å². The predicted octanol–water partition coefficient (Wildman–Crippen LogP) is 5.22. The van der Waals surface area contributed by atoms with E-state index in [1.54, 1.807) is 6.07 Å². The number of benzene rings is 1. The number of allylic oxidation sites excluding steroid dienone is 3. The summed E-state index contributed by atoms with van der Waals surface area (Å²) in [6.07, 6.45) is 0.972. The predicted molar refractivity (Wildman–Crippen MR) is 119 cm³/mol. The van der Waals surface area contributed by atoms with E-state index in [9.17, 15) is 18.0 Å². The summed E-state index contributed by atoms with van der Waals surface area (Å²) in [5.41, 5.74) is 10.1. The molecular formula is C22H23Cl2F3N4O. The molecule has 1 fully saturated rings. The Bertz CT molecular complexity index is 1100. The molecular weight excluding hydrogens is 464 g/mol. The zero-order chi connectivity index (χ0) is 23.3. The van der Waals surface area contributed by atoms with Crippen molar-refractivity contribution in [3.05, 3.63) is 47.0 Å². The van der Waals surface area contributed by atoms with Gasteiger partial charge in [-0.2, -0.15) is 18.3 Å². The lowest BCUT2D eigenvalue weighted by molar-refractivity contribution is -0.128. The van der Waals surface area contributed by atoms with Crippen molar-refractivity contribution in [2.75, 3.05) is 5.73 Å². The minimum atomic E-state index is -4.58. The molecule has 2 aromatic rings. The SMILES string of the molecule is NC(=O)C1(C2CCC(Cn3nc(N)c4c(Cl)cccc43)CC2)C=C(C(F)(F)F)C=CC1Cl. The maximum absolute atomic E-state index is 13.4. The number of primary amides is 1. The summed E-state index contributed by atoms with van der Waals surface area (Å²) in [4.78, 5) is 12.5. The summed E-state index contributed by atoms with van der Waals surface area (Å²) >= 11 is 12.6. The van der Waals surface area contributed by atoms with Gasteiger partial charge in [-0.1, -0.05) is 35.9 Å². The molecule has 1 heterocycles. The van der Waals surface area contributed by atoms with Crippen molar-refractivity contribution < 1.29 is 18.0 Å². The number of hydrogen-bond donors (Lipinski definition) is 2. The van der Waals surface area contributed by atoms with E-state index in [1.807, 2.05) is 16.8 Å². The van der Waals surface area contributed by atoms with Crippen LogP contribution in [0.3, 0.4) is 0 Å². The van der Waals surface area contributed by atoms with Gasteiger partial charge >= 0.3 is 6.18 Å². The van der Waals surface area contributed by atoms with Crippen LogP contribution in [0.2, 0.25) is 5.02 Å². The Labute approximate surface area is 193 Å². The molecule has 10 heteroatoms. The first kappa shape index (κ1) is 23.0. The van der Waals surface area contributed by atoms with Crippen molar-refractivity contribution in [3.63, 3.8) is 0 Å². The minimum Gasteiger partial charge on any atom is -0.382 e. The van der Waals surface area contributed by atoms with Gasteiger partial charge in [-0.3, -0.25) is 9.48 Å². The molecule has 5 nitrogen and oxygen atoms in total. The molecule has 2 aliphatic carbocycles. The lowest BCUT2D eigenvalue weighted by atomic mass is 9.62. The smallest absolute Gasteiger partial charge is 0.382 e. The van der Waals surface area contributed by atoms with Crippen molar-refractivity contribution in [1.29, 1.82) is 0 Å². The van der Waals surface area contributed by atoms with Gasteiger partial charge in [0, 0.05) is 6.54 Å². The first-order valence-electron chi connectivity index (χ1n) is 10.4. The maximum Gasteiger partial charge on any atom is 0.416 e. The Kier molecular flexibility index (Phi) is 5.96. The third-order valence-corrected chi connectivity index (χ3v) is 7.58. The molecule has 2 aliphatic rings. The number of rotatable bonds is 4. The Morgan fingerprint density at radius 3 is 2.56 bits per heavy atom. The number of carbonyl (C=O) groups excluding carboxylic acids is 1. The van der Waals surface area contributed by atoms with E-state index in [1.165, 1.54) is 6.08 Å². The molecule has 32 heavy (non-hydrogen) atoms. The van der Waals surface area contributed by atoms with Gasteiger partial charge in [-0.05, 0) is 49.7 Å². The monoisotopic (exact) mass is 486 g/mol. The molecule has 2 unspecified atom stereocenters. The molecule has 1 saturated carbocycles. The van der Waals surface area contributed by atoms with Crippen LogP contribution in [0.25, 0.3) is 10.9 Å². The van der Waals surface area contributed by atoms with Crippen LogP contribution in [-0.4, -0.2) is 27.2 Å². The quantitative estimate of drug-likeness (QED) is 0.581. The lowest BCUT2D eigenvalue weighted by Gasteiger charge is -2.43. The number of carbonyl (C=O) groups is 1. The fourth-order valence-electron chi connectivity index (χ4n) is 5.08. The fraction of sp³-hybridized carbons (Fsp3) is 0.455. The van der Waals surface area contributed by atoms with Crippen LogP contribution in [0.15, 0.2) is 42.0 Å². The van der Waals surface area contributed by atoms with Crippen molar-refractivity contribution in [2.45, 2.75) is 43.8 Å². The Balaban J connectivity index is 1.54. The number of aromatic nitrogens is 2. The molecule has 1 aromatic heterocycles. The molecule has 2 atom stereocenters. The van der Waals surface area contributed by atoms with Crippen LogP contribution < -0.4 is 11.5 Å². The standard InChI is InChI=1S/C22H23Cl2F3N4O/c23-15-2-1-3-16-18(15)19(28)30-31(16)11-12-4-6-13(7-5-12)21(20(29)32)10-14(22(25,26)27)8-9-17(21)24/h1-3,8-10,12-13,17H,4-7,11H2,(H2,28,30)(H2,29,32). The molecule has 0 saturated heterocycles. The van der Waals surface area contributed by atoms with E-state index in [0.717, 1.165) is 17.7 Å². The van der Waals surface area contributed by atoms with E-state index >= 15 is 0 Å². The highest BCUT2D eigenvalue weighted by atomic mass is 35.5. The van der Waals surface area contributed by atoms with Crippen molar-refractivity contribution in [2.24, 2.45) is 23.0 Å². The highest BCUT2D eigenvalue weighted by Crippen LogP contribution is 2.50. The van der Waals surface area contributed by atoms with Gasteiger partial charge in [-0.25, -0.2) is 0 Å². The van der Waals surface area contributed by atoms with Crippen LogP contribution in [0.5, 0.6) is 0 Å². The average molecular weight is 487 g/mol. The van der Waals surface area contributed by atoms with E-state index in [2.05, 4.69) is 5.10 Å². The van der Waals surface area contributed by atoms with Crippen LogP contribution in [0.1, 0.15) is 25.7 Å². The number of nitrogen functional groups attached to an aromatic ring is 1. The Morgan fingerprint density at radius 2 is 1.94 bits per heavy atom. The van der Waals surface area contributed by atoms with E-state index < -0.39 is 28.4 Å². The van der Waals surface area contributed by atoms with E-state index in [4.69, 9.17) is 34.7 Å². The summed E-state index contributed by atoms with van der Waals surface area (Å²) in [5, 5.41) is 4.73. The van der Waals surface area contributed by atoms with Crippen LogP contribution in [0.4, 0.5) is 19.0 Å². The molecule has 0 radical (unpaired) electrons. The average Bonchev–Trinajstić information content (AvgIpc) is 3.04. The first-order valence-corrected chi connectivity index (χ1v) is 11.2. The van der Waals surface area contributed by atoms with Gasteiger partial charge in [0.2, 0.25) is 5.91 Å². The third-order valence-electron chi connectivity index (χ3n) is 6.76. The normalized spacial score (nSPS) is 28.7. The maximum atomic E-state index is 13.4. The van der Waals surface area contributed by atoms with Gasteiger partial charge in [0.05, 0.1) is 32.3 Å². The third kappa shape index (κ3) is 3.88. The second-order valence-electron chi connectivity index (χ2n) is 8.57. The number of alkyl halides is 4. The highest BCUT2D eigenvalue weighted by molar-refractivity contribution is 6.36. The van der Waals surface area contributed by atoms with Crippen molar-refractivity contribution in [1.82, 2.24) is 9.78 Å². The molecule has 0 bridgehead atoms. The van der Waals surface area contributed by atoms with Gasteiger partial charge in [0.1, 0.15) is 0 Å².